The molecule has 0 radical (unpaired) electrons. The number of fused-ring (bicyclic) bond motifs is 2. The molecule has 3 saturated carbocycles. The van der Waals surface area contributed by atoms with Gasteiger partial charge in [-0.25, -0.2) is 0 Å². The average Bonchev–Trinajstić information content (AvgIpc) is 2.72. The normalized spacial score (nSPS) is 48.7. The number of hydrogen-bond acceptors (Lipinski definition) is 2. The van der Waals surface area contributed by atoms with E-state index < -0.39 is 5.60 Å². The molecular weight excluding hydrogens is 236 g/mol. The van der Waals surface area contributed by atoms with Gasteiger partial charge < -0.3 is 4.74 Å². The Morgan fingerprint density at radius 3 is 2.37 bits per heavy atom. The van der Waals surface area contributed by atoms with Gasteiger partial charge in [0.05, 0.1) is 0 Å². The monoisotopic (exact) mass is 264 g/mol. The lowest BCUT2D eigenvalue weighted by Crippen LogP contribution is -2.55. The van der Waals surface area contributed by atoms with Gasteiger partial charge in [-0.3, -0.25) is 4.79 Å². The van der Waals surface area contributed by atoms with Gasteiger partial charge in [-0.05, 0) is 55.3 Å². The van der Waals surface area contributed by atoms with Gasteiger partial charge in [0.1, 0.15) is 5.60 Å². The van der Waals surface area contributed by atoms with E-state index in [9.17, 15) is 4.79 Å². The van der Waals surface area contributed by atoms with Gasteiger partial charge in [0, 0.05) is 19.4 Å². The number of carbonyl (C=O) groups is 1. The van der Waals surface area contributed by atoms with E-state index in [1.165, 1.54) is 19.3 Å². The van der Waals surface area contributed by atoms with Crippen molar-refractivity contribution in [3.63, 3.8) is 0 Å². The molecule has 4 atom stereocenters. The van der Waals surface area contributed by atoms with Crippen molar-refractivity contribution in [1.82, 2.24) is 0 Å². The van der Waals surface area contributed by atoms with E-state index in [2.05, 4.69) is 20.8 Å². The fraction of sp³-hybridized carbons (Fsp3) is 0.941. The Balaban J connectivity index is 2.00. The molecule has 0 saturated heterocycles. The van der Waals surface area contributed by atoms with Crippen LogP contribution >= 0.6 is 0 Å². The van der Waals surface area contributed by atoms with E-state index in [1.807, 2.05) is 0 Å². The van der Waals surface area contributed by atoms with Crippen molar-refractivity contribution >= 4 is 5.78 Å². The molecule has 0 aromatic heterocycles. The van der Waals surface area contributed by atoms with Gasteiger partial charge in [0.25, 0.3) is 0 Å². The van der Waals surface area contributed by atoms with Crippen LogP contribution in [0.1, 0.15) is 65.7 Å². The molecule has 19 heavy (non-hydrogen) atoms. The van der Waals surface area contributed by atoms with E-state index in [1.54, 1.807) is 7.11 Å². The number of carbonyl (C=O) groups excluding carboxylic acids is 1. The molecule has 0 amide bonds. The summed E-state index contributed by atoms with van der Waals surface area (Å²) in [5.74, 6) is 1.60. The summed E-state index contributed by atoms with van der Waals surface area (Å²) >= 11 is 0. The van der Waals surface area contributed by atoms with Crippen molar-refractivity contribution in [3.8, 4) is 0 Å². The quantitative estimate of drug-likeness (QED) is 0.754. The van der Waals surface area contributed by atoms with E-state index in [0.717, 1.165) is 31.6 Å². The van der Waals surface area contributed by atoms with E-state index in [-0.39, 0.29) is 5.41 Å². The summed E-state index contributed by atoms with van der Waals surface area (Å²) < 4.78 is 5.94. The second-order valence-electron chi connectivity index (χ2n) is 7.89. The molecule has 108 valence electrons. The van der Waals surface area contributed by atoms with Crippen molar-refractivity contribution in [1.29, 1.82) is 0 Å². The Morgan fingerprint density at radius 2 is 1.89 bits per heavy atom. The molecule has 0 spiro atoms. The lowest BCUT2D eigenvalue weighted by atomic mass is 9.59. The van der Waals surface area contributed by atoms with Crippen LogP contribution in [-0.2, 0) is 9.53 Å². The van der Waals surface area contributed by atoms with Gasteiger partial charge >= 0.3 is 0 Å². The van der Waals surface area contributed by atoms with E-state index in [4.69, 9.17) is 4.74 Å². The van der Waals surface area contributed by atoms with Crippen molar-refractivity contribution in [2.24, 2.45) is 22.7 Å². The molecule has 1 unspecified atom stereocenters. The third-order valence-electron chi connectivity index (χ3n) is 7.40. The molecule has 3 aliphatic carbocycles. The van der Waals surface area contributed by atoms with Crippen LogP contribution < -0.4 is 0 Å². The van der Waals surface area contributed by atoms with Crippen LogP contribution in [0.5, 0.6) is 0 Å². The predicted molar refractivity (Wildman–Crippen MR) is 75.9 cm³/mol. The van der Waals surface area contributed by atoms with Crippen LogP contribution in [0.4, 0.5) is 0 Å². The molecule has 2 nitrogen and oxygen atoms in total. The molecule has 2 heteroatoms. The number of methoxy groups -OCH3 is 1. The van der Waals surface area contributed by atoms with Gasteiger partial charge in [-0.15, -0.1) is 0 Å². The standard InChI is InChI=1S/C17H28O2/c1-15(2)12-8-10-16(15,3)13(11-12)17(19-4)9-6-5-7-14(17)18/h12-13H,5-11H2,1-4H3/t12-,13-,16+,17?/m0/s1. The van der Waals surface area contributed by atoms with Crippen LogP contribution in [0.15, 0.2) is 0 Å². The highest BCUT2D eigenvalue weighted by Gasteiger charge is 2.67. The fourth-order valence-electron chi connectivity index (χ4n) is 5.66. The maximum atomic E-state index is 12.6. The van der Waals surface area contributed by atoms with Crippen molar-refractivity contribution < 1.29 is 9.53 Å². The zero-order chi connectivity index (χ0) is 13.9. The number of ketones is 1. The largest absolute Gasteiger partial charge is 0.370 e. The molecule has 2 bridgehead atoms. The van der Waals surface area contributed by atoms with Crippen LogP contribution in [0.25, 0.3) is 0 Å². The Labute approximate surface area is 117 Å². The highest BCUT2D eigenvalue weighted by Crippen LogP contribution is 2.71. The highest BCUT2D eigenvalue weighted by molar-refractivity contribution is 5.88. The predicted octanol–water partition coefficient (Wildman–Crippen LogP) is 3.98. The summed E-state index contributed by atoms with van der Waals surface area (Å²) in [5, 5.41) is 0. The lowest BCUT2D eigenvalue weighted by molar-refractivity contribution is -0.164. The molecule has 0 heterocycles. The molecule has 0 aliphatic heterocycles. The summed E-state index contributed by atoms with van der Waals surface area (Å²) in [6.45, 7) is 7.26. The Bertz CT molecular complexity index is 400. The zero-order valence-electron chi connectivity index (χ0n) is 12.9. The second-order valence-corrected chi connectivity index (χ2v) is 7.89. The molecule has 0 aromatic carbocycles. The third kappa shape index (κ3) is 1.50. The van der Waals surface area contributed by atoms with Crippen molar-refractivity contribution in [2.75, 3.05) is 7.11 Å². The van der Waals surface area contributed by atoms with Crippen LogP contribution in [0.3, 0.4) is 0 Å². The number of hydrogen-bond donors (Lipinski definition) is 0. The first kappa shape index (κ1) is 13.6. The maximum Gasteiger partial charge on any atom is 0.164 e. The first-order chi connectivity index (χ1) is 8.88. The minimum Gasteiger partial charge on any atom is -0.370 e. The summed E-state index contributed by atoms with van der Waals surface area (Å²) in [7, 11) is 1.77. The number of rotatable bonds is 2. The van der Waals surface area contributed by atoms with E-state index >= 15 is 0 Å². The molecule has 0 aromatic rings. The van der Waals surface area contributed by atoms with Gasteiger partial charge in [0.15, 0.2) is 5.78 Å². The topological polar surface area (TPSA) is 26.3 Å². The maximum absolute atomic E-state index is 12.6. The Hall–Kier alpha value is -0.370. The fourth-order valence-corrected chi connectivity index (χ4v) is 5.66. The van der Waals surface area contributed by atoms with Crippen LogP contribution in [0.2, 0.25) is 0 Å². The summed E-state index contributed by atoms with van der Waals surface area (Å²) in [6.07, 6.45) is 7.69. The number of Topliss-reactive ketones (excluding diaryl/α,β-unsaturated/α-hetero) is 1. The molecule has 3 rings (SSSR count). The molecule has 3 fully saturated rings. The first-order valence-electron chi connectivity index (χ1n) is 7.97. The minimum atomic E-state index is -0.459. The highest BCUT2D eigenvalue weighted by atomic mass is 16.5. The number of ether oxygens (including phenoxy) is 1. The van der Waals surface area contributed by atoms with Crippen molar-refractivity contribution in [2.45, 2.75) is 71.3 Å². The van der Waals surface area contributed by atoms with Gasteiger partial charge in [-0.1, -0.05) is 20.8 Å². The summed E-state index contributed by atoms with van der Waals surface area (Å²) in [6, 6.07) is 0. The molecule has 3 aliphatic rings. The van der Waals surface area contributed by atoms with Crippen LogP contribution in [0, 0.1) is 22.7 Å². The Morgan fingerprint density at radius 1 is 1.16 bits per heavy atom. The van der Waals surface area contributed by atoms with Gasteiger partial charge in [-0.2, -0.15) is 0 Å². The van der Waals surface area contributed by atoms with Crippen LogP contribution in [-0.4, -0.2) is 18.5 Å². The van der Waals surface area contributed by atoms with E-state index in [0.29, 0.717) is 17.1 Å². The summed E-state index contributed by atoms with van der Waals surface area (Å²) in [4.78, 5) is 12.6. The SMILES string of the molecule is COC1([C@H]2C[C@@H]3CC[C@@]2(C)C3(C)C)CCCCC1=O. The molecular formula is C17H28O2. The lowest BCUT2D eigenvalue weighted by Gasteiger charge is -2.49. The van der Waals surface area contributed by atoms with Crippen molar-refractivity contribution in [3.05, 3.63) is 0 Å². The smallest absolute Gasteiger partial charge is 0.164 e. The van der Waals surface area contributed by atoms with Gasteiger partial charge in [0.2, 0.25) is 0 Å². The Kier molecular flexibility index (Phi) is 2.91. The summed E-state index contributed by atoms with van der Waals surface area (Å²) in [5.41, 5.74) is 0.182. The zero-order valence-corrected chi connectivity index (χ0v) is 12.9. The first-order valence-corrected chi connectivity index (χ1v) is 7.97. The second kappa shape index (κ2) is 4.07. The minimum absolute atomic E-state index is 0.278. The third-order valence-corrected chi connectivity index (χ3v) is 7.40. The molecule has 0 N–H and O–H groups in total. The average molecular weight is 264 g/mol.